The van der Waals surface area contributed by atoms with Gasteiger partial charge in [-0.15, -0.1) is 0 Å². The number of nitrogens with zero attached hydrogens (tertiary/aromatic N) is 2. The van der Waals surface area contributed by atoms with Crippen molar-refractivity contribution in [2.75, 3.05) is 18.1 Å². The Hall–Kier alpha value is -2.91. The molecular weight excluding hydrogens is 442 g/mol. The molecule has 0 aliphatic carbocycles. The van der Waals surface area contributed by atoms with Gasteiger partial charge in [0.1, 0.15) is 5.15 Å². The molecule has 8 nitrogen and oxygen atoms in total. The smallest absolute Gasteiger partial charge is 0.331 e. The van der Waals surface area contributed by atoms with Crippen LogP contribution >= 0.6 is 11.6 Å². The zero-order chi connectivity index (χ0) is 22.2. The minimum atomic E-state index is -3.08. The number of ketones is 1. The first-order valence-electron chi connectivity index (χ1n) is 9.64. The minimum absolute atomic E-state index is 0.00498. The molecule has 1 atom stereocenters. The molecule has 1 aromatic carbocycles. The number of aromatic amines is 1. The molecule has 0 amide bonds. The van der Waals surface area contributed by atoms with Crippen molar-refractivity contribution in [2.24, 2.45) is 0 Å². The maximum absolute atomic E-state index is 12.4. The predicted molar refractivity (Wildman–Crippen MR) is 117 cm³/mol. The lowest BCUT2D eigenvalue weighted by molar-refractivity contribution is -0.136. The molecule has 10 heteroatoms. The molecule has 0 unspecified atom stereocenters. The van der Waals surface area contributed by atoms with Gasteiger partial charge in [-0.25, -0.2) is 17.9 Å². The highest BCUT2D eigenvalue weighted by Gasteiger charge is 2.31. The van der Waals surface area contributed by atoms with E-state index in [1.54, 1.807) is 13.1 Å². The van der Waals surface area contributed by atoms with Crippen LogP contribution in [0, 0.1) is 6.92 Å². The molecule has 0 bridgehead atoms. The van der Waals surface area contributed by atoms with Crippen LogP contribution in [-0.2, 0) is 19.4 Å². The fourth-order valence-corrected chi connectivity index (χ4v) is 5.72. The van der Waals surface area contributed by atoms with E-state index in [1.807, 2.05) is 24.3 Å². The maximum atomic E-state index is 12.4. The number of para-hydroxylation sites is 1. The number of aryl methyl sites for hydroxylation is 1. The Bertz CT molecular complexity index is 1310. The van der Waals surface area contributed by atoms with Gasteiger partial charge >= 0.3 is 5.97 Å². The van der Waals surface area contributed by atoms with Gasteiger partial charge in [0.25, 0.3) is 0 Å². The second-order valence-electron chi connectivity index (χ2n) is 7.40. The van der Waals surface area contributed by atoms with Crippen molar-refractivity contribution in [3.63, 3.8) is 0 Å². The first kappa shape index (κ1) is 21.3. The first-order valence-corrected chi connectivity index (χ1v) is 11.8. The molecule has 1 saturated heterocycles. The minimum Gasteiger partial charge on any atom is -0.454 e. The number of rotatable bonds is 6. The molecule has 0 spiro atoms. The molecular formula is C21H20ClN3O5S. The van der Waals surface area contributed by atoms with Crippen molar-refractivity contribution in [3.8, 4) is 0 Å². The number of sulfone groups is 1. The summed E-state index contributed by atoms with van der Waals surface area (Å²) in [6.07, 6.45) is 4.68. The van der Waals surface area contributed by atoms with Crippen molar-refractivity contribution in [1.29, 1.82) is 0 Å². The molecule has 3 aromatic rings. The number of benzene rings is 1. The number of esters is 1. The van der Waals surface area contributed by atoms with Gasteiger partial charge in [0, 0.05) is 34.3 Å². The number of halogens is 1. The molecule has 0 saturated carbocycles. The highest BCUT2D eigenvalue weighted by Crippen LogP contribution is 2.30. The number of carbonyl (C=O) groups is 2. The van der Waals surface area contributed by atoms with Gasteiger partial charge in [-0.1, -0.05) is 29.8 Å². The van der Waals surface area contributed by atoms with E-state index in [2.05, 4.69) is 10.1 Å². The van der Waals surface area contributed by atoms with E-state index in [1.165, 1.54) is 16.8 Å². The van der Waals surface area contributed by atoms with Gasteiger partial charge < -0.3 is 9.72 Å². The Morgan fingerprint density at radius 2 is 2.13 bits per heavy atom. The van der Waals surface area contributed by atoms with Crippen LogP contribution in [0.3, 0.4) is 0 Å². The fourth-order valence-electron chi connectivity index (χ4n) is 3.65. The zero-order valence-corrected chi connectivity index (χ0v) is 18.2. The SMILES string of the molecule is Cc1nn([C@H]2CCS(=O)(=O)C2)c(Cl)c1/C=C/C(=O)OCC(=O)c1c[nH]c2ccccc12. The Morgan fingerprint density at radius 3 is 2.87 bits per heavy atom. The third-order valence-electron chi connectivity index (χ3n) is 5.25. The van der Waals surface area contributed by atoms with Crippen molar-refractivity contribution in [2.45, 2.75) is 19.4 Å². The summed E-state index contributed by atoms with van der Waals surface area (Å²) in [5.41, 5.74) is 2.35. The lowest BCUT2D eigenvalue weighted by atomic mass is 10.1. The molecule has 3 heterocycles. The zero-order valence-electron chi connectivity index (χ0n) is 16.7. The summed E-state index contributed by atoms with van der Waals surface area (Å²) in [7, 11) is -3.08. The lowest BCUT2D eigenvalue weighted by Crippen LogP contribution is -2.12. The number of hydrogen-bond acceptors (Lipinski definition) is 6. The van der Waals surface area contributed by atoms with Crippen molar-refractivity contribution in [1.82, 2.24) is 14.8 Å². The van der Waals surface area contributed by atoms with E-state index in [0.717, 1.165) is 10.9 Å². The van der Waals surface area contributed by atoms with E-state index in [-0.39, 0.29) is 28.5 Å². The Labute approximate surface area is 183 Å². The predicted octanol–water partition coefficient (Wildman–Crippen LogP) is 3.13. The van der Waals surface area contributed by atoms with Gasteiger partial charge in [-0.2, -0.15) is 5.10 Å². The lowest BCUT2D eigenvalue weighted by Gasteiger charge is -2.09. The van der Waals surface area contributed by atoms with Gasteiger partial charge in [-0.3, -0.25) is 4.79 Å². The van der Waals surface area contributed by atoms with Crippen LogP contribution in [0.2, 0.25) is 5.15 Å². The Morgan fingerprint density at radius 1 is 1.35 bits per heavy atom. The van der Waals surface area contributed by atoms with Crippen LogP contribution < -0.4 is 0 Å². The van der Waals surface area contributed by atoms with E-state index in [9.17, 15) is 18.0 Å². The fraction of sp³-hybridized carbons (Fsp3) is 0.286. The highest BCUT2D eigenvalue weighted by atomic mass is 35.5. The second kappa shape index (κ2) is 8.32. The summed E-state index contributed by atoms with van der Waals surface area (Å²) >= 11 is 6.38. The summed E-state index contributed by atoms with van der Waals surface area (Å²) < 4.78 is 30.0. The van der Waals surface area contributed by atoms with Gasteiger partial charge in [0.2, 0.25) is 5.78 Å². The Balaban J connectivity index is 1.41. The van der Waals surface area contributed by atoms with Crippen LogP contribution in [0.4, 0.5) is 0 Å². The normalized spacial score (nSPS) is 18.1. The molecule has 0 radical (unpaired) electrons. The van der Waals surface area contributed by atoms with E-state index >= 15 is 0 Å². The van der Waals surface area contributed by atoms with Gasteiger partial charge in [0.15, 0.2) is 16.4 Å². The largest absolute Gasteiger partial charge is 0.454 e. The number of aromatic nitrogens is 3. The van der Waals surface area contributed by atoms with Crippen molar-refractivity contribution >= 4 is 50.2 Å². The average Bonchev–Trinajstić information content (AvgIpc) is 3.40. The molecule has 4 rings (SSSR count). The quantitative estimate of drug-likeness (QED) is 0.343. The topological polar surface area (TPSA) is 111 Å². The van der Waals surface area contributed by atoms with Crippen molar-refractivity contribution in [3.05, 3.63) is 58.5 Å². The summed E-state index contributed by atoms with van der Waals surface area (Å²) in [5, 5.41) is 5.36. The van der Waals surface area contributed by atoms with E-state index < -0.39 is 22.4 Å². The highest BCUT2D eigenvalue weighted by molar-refractivity contribution is 7.91. The Kier molecular flexibility index (Phi) is 5.72. The number of hydrogen-bond donors (Lipinski definition) is 1. The van der Waals surface area contributed by atoms with Crippen LogP contribution in [0.5, 0.6) is 0 Å². The van der Waals surface area contributed by atoms with E-state index in [0.29, 0.717) is 23.2 Å². The molecule has 2 aromatic heterocycles. The molecule has 1 fully saturated rings. The summed E-state index contributed by atoms with van der Waals surface area (Å²) in [5.74, 6) is -0.910. The average molecular weight is 462 g/mol. The maximum Gasteiger partial charge on any atom is 0.331 e. The first-order chi connectivity index (χ1) is 14.7. The number of nitrogens with one attached hydrogen (secondary N) is 1. The van der Waals surface area contributed by atoms with Gasteiger partial charge in [-0.05, 0) is 25.5 Å². The molecule has 162 valence electrons. The van der Waals surface area contributed by atoms with Crippen LogP contribution in [0.15, 0.2) is 36.5 Å². The number of ether oxygens (including phenoxy) is 1. The third-order valence-corrected chi connectivity index (χ3v) is 7.37. The number of H-pyrrole nitrogens is 1. The molecule has 1 aliphatic rings. The van der Waals surface area contributed by atoms with E-state index in [4.69, 9.17) is 16.3 Å². The van der Waals surface area contributed by atoms with Gasteiger partial charge in [0.05, 0.1) is 23.2 Å². The number of Topliss-reactive ketones (excluding diaryl/α,β-unsaturated/α-hetero) is 1. The molecule has 31 heavy (non-hydrogen) atoms. The number of fused-ring (bicyclic) bond motifs is 1. The summed E-state index contributed by atoms with van der Waals surface area (Å²) in [6, 6.07) is 7.04. The standard InChI is InChI=1S/C21H20ClN3O5S/c1-13-15(21(22)25(24-13)14-8-9-31(28,29)12-14)6-7-20(27)30-11-19(26)17-10-23-18-5-3-2-4-16(17)18/h2-7,10,14,23H,8-9,11-12H2,1H3/b7-6+/t14-/m0/s1. The summed E-state index contributed by atoms with van der Waals surface area (Å²) in [6.45, 7) is 1.33. The third kappa shape index (κ3) is 4.42. The van der Waals surface area contributed by atoms with Crippen LogP contribution in [-0.4, -0.2) is 53.0 Å². The number of carbonyl (C=O) groups excluding carboxylic acids is 2. The second-order valence-corrected chi connectivity index (χ2v) is 9.99. The monoisotopic (exact) mass is 461 g/mol. The summed E-state index contributed by atoms with van der Waals surface area (Å²) in [4.78, 5) is 27.5. The van der Waals surface area contributed by atoms with Crippen molar-refractivity contribution < 1.29 is 22.7 Å². The molecule has 1 aliphatic heterocycles. The van der Waals surface area contributed by atoms with Crippen LogP contribution in [0.25, 0.3) is 17.0 Å². The van der Waals surface area contributed by atoms with Crippen LogP contribution in [0.1, 0.15) is 34.1 Å². The molecule has 1 N–H and O–H groups in total.